The minimum absolute atomic E-state index is 0. The topological polar surface area (TPSA) is 75.4 Å². The number of carbonyl (C=O) groups is 2. The normalized spacial score (nSPS) is 18.0. The first-order chi connectivity index (χ1) is 11.4. The average Bonchev–Trinajstić information content (AvgIpc) is 3.01. The molecule has 1 aliphatic heterocycles. The van der Waals surface area contributed by atoms with E-state index in [1.165, 1.54) is 11.1 Å². The molecule has 140 valence electrons. The SMILES string of the molecule is Cc1ccc(CC2CCCN2C(=O)CNC(=O)[C@@H](N)C(C)C)cc1.Cl. The molecule has 1 aliphatic rings. The number of carbonyl (C=O) groups excluding carboxylic acids is 2. The van der Waals surface area contributed by atoms with E-state index < -0.39 is 6.04 Å². The lowest BCUT2D eigenvalue weighted by Crippen LogP contribution is -2.48. The molecular formula is C19H30ClN3O2. The second-order valence-electron chi connectivity index (χ2n) is 7.06. The van der Waals surface area contributed by atoms with E-state index >= 15 is 0 Å². The van der Waals surface area contributed by atoms with E-state index in [4.69, 9.17) is 5.73 Å². The molecule has 1 heterocycles. The van der Waals surface area contributed by atoms with Crippen LogP contribution in [0.1, 0.15) is 37.8 Å². The van der Waals surface area contributed by atoms with Gasteiger partial charge in [-0.3, -0.25) is 9.59 Å². The molecule has 0 spiro atoms. The van der Waals surface area contributed by atoms with Crippen molar-refractivity contribution in [3.05, 3.63) is 35.4 Å². The Morgan fingerprint density at radius 2 is 1.92 bits per heavy atom. The van der Waals surface area contributed by atoms with Crippen LogP contribution >= 0.6 is 12.4 Å². The summed E-state index contributed by atoms with van der Waals surface area (Å²) in [7, 11) is 0. The van der Waals surface area contributed by atoms with E-state index in [9.17, 15) is 9.59 Å². The maximum absolute atomic E-state index is 12.5. The Kier molecular flexibility index (Phi) is 8.39. The van der Waals surface area contributed by atoms with Gasteiger partial charge in [-0.25, -0.2) is 0 Å². The van der Waals surface area contributed by atoms with Crippen molar-refractivity contribution in [2.24, 2.45) is 11.7 Å². The Labute approximate surface area is 156 Å². The van der Waals surface area contributed by atoms with Gasteiger partial charge in [-0.15, -0.1) is 12.4 Å². The molecule has 3 N–H and O–H groups in total. The number of amides is 2. The number of benzene rings is 1. The first-order valence-corrected chi connectivity index (χ1v) is 8.76. The summed E-state index contributed by atoms with van der Waals surface area (Å²) in [4.78, 5) is 26.3. The van der Waals surface area contributed by atoms with Crippen molar-refractivity contribution in [1.82, 2.24) is 10.2 Å². The zero-order valence-corrected chi connectivity index (χ0v) is 16.1. The van der Waals surface area contributed by atoms with Gasteiger partial charge in [0.15, 0.2) is 0 Å². The molecule has 0 saturated carbocycles. The van der Waals surface area contributed by atoms with Crippen molar-refractivity contribution in [3.63, 3.8) is 0 Å². The molecule has 1 unspecified atom stereocenters. The quantitative estimate of drug-likeness (QED) is 0.808. The van der Waals surface area contributed by atoms with Crippen molar-refractivity contribution in [2.75, 3.05) is 13.1 Å². The first kappa shape index (κ1) is 21.5. The summed E-state index contributed by atoms with van der Waals surface area (Å²) >= 11 is 0. The smallest absolute Gasteiger partial charge is 0.242 e. The Morgan fingerprint density at radius 3 is 2.52 bits per heavy atom. The van der Waals surface area contributed by atoms with Crippen LogP contribution in [-0.2, 0) is 16.0 Å². The first-order valence-electron chi connectivity index (χ1n) is 8.76. The van der Waals surface area contributed by atoms with Crippen LogP contribution < -0.4 is 11.1 Å². The van der Waals surface area contributed by atoms with Crippen molar-refractivity contribution in [1.29, 1.82) is 0 Å². The van der Waals surface area contributed by atoms with Crippen LogP contribution in [-0.4, -0.2) is 41.9 Å². The number of rotatable bonds is 6. The molecule has 0 bridgehead atoms. The lowest BCUT2D eigenvalue weighted by Gasteiger charge is -2.25. The van der Waals surface area contributed by atoms with Gasteiger partial charge in [0, 0.05) is 12.6 Å². The molecule has 1 aromatic rings. The molecule has 1 fully saturated rings. The fraction of sp³-hybridized carbons (Fsp3) is 0.579. The van der Waals surface area contributed by atoms with E-state index in [0.29, 0.717) is 0 Å². The fourth-order valence-corrected chi connectivity index (χ4v) is 3.06. The second kappa shape index (κ2) is 9.78. The summed E-state index contributed by atoms with van der Waals surface area (Å²) in [6.45, 7) is 6.65. The number of hydrogen-bond donors (Lipinski definition) is 2. The molecular weight excluding hydrogens is 338 g/mol. The molecule has 2 amide bonds. The highest BCUT2D eigenvalue weighted by atomic mass is 35.5. The van der Waals surface area contributed by atoms with Crippen molar-refractivity contribution >= 4 is 24.2 Å². The number of nitrogens with one attached hydrogen (secondary N) is 1. The molecule has 25 heavy (non-hydrogen) atoms. The summed E-state index contributed by atoms with van der Waals surface area (Å²) in [5.74, 6) is -0.220. The summed E-state index contributed by atoms with van der Waals surface area (Å²) in [5.41, 5.74) is 8.29. The van der Waals surface area contributed by atoms with Gasteiger partial charge in [0.25, 0.3) is 0 Å². The Morgan fingerprint density at radius 1 is 1.28 bits per heavy atom. The third kappa shape index (κ3) is 6.01. The lowest BCUT2D eigenvalue weighted by atomic mass is 10.0. The molecule has 5 nitrogen and oxygen atoms in total. The predicted molar refractivity (Wildman–Crippen MR) is 103 cm³/mol. The monoisotopic (exact) mass is 367 g/mol. The van der Waals surface area contributed by atoms with Crippen LogP contribution in [0.3, 0.4) is 0 Å². The predicted octanol–water partition coefficient (Wildman–Crippen LogP) is 2.05. The van der Waals surface area contributed by atoms with Gasteiger partial charge in [0.2, 0.25) is 11.8 Å². The van der Waals surface area contributed by atoms with Gasteiger partial charge in [0.1, 0.15) is 0 Å². The van der Waals surface area contributed by atoms with Crippen molar-refractivity contribution < 1.29 is 9.59 Å². The summed E-state index contributed by atoms with van der Waals surface area (Å²) in [6.07, 6.45) is 2.90. The molecule has 1 saturated heterocycles. The molecule has 2 atom stereocenters. The number of aryl methyl sites for hydroxylation is 1. The standard InChI is InChI=1S/C19H29N3O2.ClH/c1-13(2)18(20)19(24)21-12-17(23)22-10-4-5-16(22)11-15-8-6-14(3)7-9-15;/h6-9,13,16,18H,4-5,10-12,20H2,1-3H3,(H,21,24);1H/t16?,18-;/m0./s1. The van der Waals surface area contributed by atoms with Gasteiger partial charge >= 0.3 is 0 Å². The third-order valence-electron chi connectivity index (χ3n) is 4.72. The van der Waals surface area contributed by atoms with Crippen LogP contribution in [0.2, 0.25) is 0 Å². The number of nitrogens with two attached hydrogens (primary N) is 1. The Balaban J connectivity index is 0.00000312. The minimum Gasteiger partial charge on any atom is -0.346 e. The van der Waals surface area contributed by atoms with Gasteiger partial charge in [-0.1, -0.05) is 43.7 Å². The van der Waals surface area contributed by atoms with Crippen LogP contribution in [0.15, 0.2) is 24.3 Å². The van der Waals surface area contributed by atoms with E-state index in [1.54, 1.807) is 0 Å². The van der Waals surface area contributed by atoms with Gasteiger partial charge < -0.3 is 16.0 Å². The maximum Gasteiger partial charge on any atom is 0.242 e. The fourth-order valence-electron chi connectivity index (χ4n) is 3.06. The van der Waals surface area contributed by atoms with Crippen molar-refractivity contribution in [2.45, 2.75) is 52.1 Å². The Bertz CT molecular complexity index is 575. The third-order valence-corrected chi connectivity index (χ3v) is 4.72. The van der Waals surface area contributed by atoms with E-state index in [0.717, 1.165) is 25.8 Å². The summed E-state index contributed by atoms with van der Waals surface area (Å²) in [6, 6.07) is 8.10. The molecule has 0 radical (unpaired) electrons. The highest BCUT2D eigenvalue weighted by Gasteiger charge is 2.29. The summed E-state index contributed by atoms with van der Waals surface area (Å²) in [5, 5.41) is 2.68. The number of hydrogen-bond acceptors (Lipinski definition) is 3. The van der Waals surface area contributed by atoms with Crippen LogP contribution in [0, 0.1) is 12.8 Å². The lowest BCUT2D eigenvalue weighted by molar-refractivity contribution is -0.134. The molecule has 1 aromatic carbocycles. The van der Waals surface area contributed by atoms with E-state index in [1.807, 2.05) is 18.7 Å². The summed E-state index contributed by atoms with van der Waals surface area (Å²) < 4.78 is 0. The largest absolute Gasteiger partial charge is 0.346 e. The van der Waals surface area contributed by atoms with Crippen LogP contribution in [0.25, 0.3) is 0 Å². The van der Waals surface area contributed by atoms with Crippen molar-refractivity contribution in [3.8, 4) is 0 Å². The Hall–Kier alpha value is -1.59. The van der Waals surface area contributed by atoms with E-state index in [2.05, 4.69) is 36.5 Å². The maximum atomic E-state index is 12.5. The zero-order valence-electron chi connectivity index (χ0n) is 15.3. The van der Waals surface area contributed by atoms with Gasteiger partial charge in [-0.05, 0) is 37.7 Å². The zero-order chi connectivity index (χ0) is 17.7. The minimum atomic E-state index is -0.570. The molecule has 6 heteroatoms. The highest BCUT2D eigenvalue weighted by Crippen LogP contribution is 2.21. The second-order valence-corrected chi connectivity index (χ2v) is 7.06. The number of likely N-dealkylation sites (tertiary alicyclic amines) is 1. The van der Waals surface area contributed by atoms with Crippen LogP contribution in [0.5, 0.6) is 0 Å². The highest BCUT2D eigenvalue weighted by molar-refractivity contribution is 5.87. The molecule has 0 aromatic heterocycles. The van der Waals surface area contributed by atoms with Crippen LogP contribution in [0.4, 0.5) is 0 Å². The van der Waals surface area contributed by atoms with Gasteiger partial charge in [-0.2, -0.15) is 0 Å². The average molecular weight is 368 g/mol. The molecule has 0 aliphatic carbocycles. The van der Waals surface area contributed by atoms with Gasteiger partial charge in [0.05, 0.1) is 12.6 Å². The number of halogens is 1. The number of nitrogens with zero attached hydrogens (tertiary/aromatic N) is 1. The molecule has 2 rings (SSSR count). The van der Waals surface area contributed by atoms with E-state index in [-0.39, 0.29) is 42.7 Å².